The van der Waals surface area contributed by atoms with Crippen LogP contribution in [0.25, 0.3) is 0 Å². The Morgan fingerprint density at radius 2 is 2.07 bits per heavy atom. The molecule has 0 amide bonds. The fourth-order valence-corrected chi connectivity index (χ4v) is 2.79. The molecule has 1 aromatic rings. The van der Waals surface area contributed by atoms with Crippen molar-refractivity contribution >= 4 is 5.78 Å². The molecule has 3 rings (SSSR count). The van der Waals surface area contributed by atoms with Crippen molar-refractivity contribution in [3.63, 3.8) is 0 Å². The Balaban J connectivity index is 2.17. The van der Waals surface area contributed by atoms with Gasteiger partial charge in [-0.25, -0.2) is 0 Å². The average Bonchev–Trinajstić information content (AvgIpc) is 2.76. The van der Waals surface area contributed by atoms with Crippen LogP contribution in [0, 0.1) is 0 Å². The van der Waals surface area contributed by atoms with Crippen LogP contribution in [0.15, 0.2) is 24.3 Å². The van der Waals surface area contributed by atoms with Gasteiger partial charge in [-0.1, -0.05) is 24.3 Å². The summed E-state index contributed by atoms with van der Waals surface area (Å²) >= 11 is 0. The molecule has 72 valence electrons. The van der Waals surface area contributed by atoms with Gasteiger partial charge < -0.3 is 5.32 Å². The van der Waals surface area contributed by atoms with E-state index in [1.54, 1.807) is 0 Å². The fourth-order valence-electron chi connectivity index (χ4n) is 2.79. The number of nitrogens with one attached hydrogen (secondary N) is 1. The third kappa shape index (κ3) is 0.867. The minimum absolute atomic E-state index is 0.309. The van der Waals surface area contributed by atoms with Gasteiger partial charge in [-0.15, -0.1) is 0 Å². The number of hydrogen-bond acceptors (Lipinski definition) is 2. The normalized spacial score (nSPS) is 29.9. The molecule has 1 N–H and O–H groups in total. The van der Waals surface area contributed by atoms with Gasteiger partial charge in [0.15, 0.2) is 5.78 Å². The third-order valence-electron chi connectivity index (χ3n) is 3.50. The van der Waals surface area contributed by atoms with Crippen molar-refractivity contribution in [3.05, 3.63) is 35.4 Å². The molecule has 14 heavy (non-hydrogen) atoms. The topological polar surface area (TPSA) is 29.1 Å². The first-order valence-electron chi connectivity index (χ1n) is 5.20. The monoisotopic (exact) mass is 187 g/mol. The lowest BCUT2D eigenvalue weighted by molar-refractivity contribution is -0.122. The summed E-state index contributed by atoms with van der Waals surface area (Å²) < 4.78 is 0. The molecule has 0 aromatic heterocycles. The molecule has 0 radical (unpaired) electrons. The molecule has 1 fully saturated rings. The van der Waals surface area contributed by atoms with E-state index in [4.69, 9.17) is 0 Å². The van der Waals surface area contributed by atoms with Crippen molar-refractivity contribution in [2.24, 2.45) is 0 Å². The largest absolute Gasteiger partial charge is 0.301 e. The molecule has 1 saturated heterocycles. The van der Waals surface area contributed by atoms with Gasteiger partial charge in [-0.2, -0.15) is 0 Å². The lowest BCUT2D eigenvalue weighted by Gasteiger charge is -2.23. The number of aryl methyl sites for hydroxylation is 1. The van der Waals surface area contributed by atoms with Crippen LogP contribution in [0.3, 0.4) is 0 Å². The lowest BCUT2D eigenvalue weighted by Crippen LogP contribution is -2.39. The van der Waals surface area contributed by atoms with E-state index in [-0.39, 0.29) is 5.54 Å². The number of carbonyl (C=O) groups is 1. The summed E-state index contributed by atoms with van der Waals surface area (Å²) in [7, 11) is 0. The highest BCUT2D eigenvalue weighted by atomic mass is 16.1. The highest BCUT2D eigenvalue weighted by Gasteiger charge is 2.47. The Bertz CT molecular complexity index is 399. The summed E-state index contributed by atoms with van der Waals surface area (Å²) in [6, 6.07) is 8.31. The van der Waals surface area contributed by atoms with E-state index in [0.29, 0.717) is 12.2 Å². The summed E-state index contributed by atoms with van der Waals surface area (Å²) in [5.41, 5.74) is 2.26. The molecular weight excluding hydrogens is 174 g/mol. The van der Waals surface area contributed by atoms with E-state index < -0.39 is 0 Å². The molecule has 1 atom stereocenters. The minimum atomic E-state index is -0.309. The molecule has 1 aliphatic carbocycles. The Labute approximate surface area is 83.3 Å². The first kappa shape index (κ1) is 8.18. The summed E-state index contributed by atoms with van der Waals surface area (Å²) in [5.74, 6) is 0.377. The Morgan fingerprint density at radius 3 is 2.86 bits per heavy atom. The zero-order valence-corrected chi connectivity index (χ0v) is 8.05. The van der Waals surface area contributed by atoms with Crippen molar-refractivity contribution in [1.82, 2.24) is 5.32 Å². The number of Topliss-reactive ketones (excluding diaryl/α,β-unsaturated/α-hetero) is 1. The van der Waals surface area contributed by atoms with E-state index in [9.17, 15) is 4.79 Å². The van der Waals surface area contributed by atoms with Crippen LogP contribution in [0.2, 0.25) is 0 Å². The predicted octanol–water partition coefficient (Wildman–Crippen LogP) is 1.39. The van der Waals surface area contributed by atoms with Gasteiger partial charge in [-0.3, -0.25) is 4.79 Å². The van der Waals surface area contributed by atoms with Crippen LogP contribution in [-0.4, -0.2) is 12.3 Å². The van der Waals surface area contributed by atoms with Gasteiger partial charge in [0.1, 0.15) is 5.54 Å². The minimum Gasteiger partial charge on any atom is -0.301 e. The third-order valence-corrected chi connectivity index (χ3v) is 3.50. The van der Waals surface area contributed by atoms with Crippen molar-refractivity contribution in [1.29, 1.82) is 0 Å². The highest BCUT2D eigenvalue weighted by Crippen LogP contribution is 2.40. The van der Waals surface area contributed by atoms with Crippen LogP contribution < -0.4 is 5.32 Å². The molecule has 0 bridgehead atoms. The maximum atomic E-state index is 11.9. The predicted molar refractivity (Wildman–Crippen MR) is 54.1 cm³/mol. The van der Waals surface area contributed by atoms with Gasteiger partial charge >= 0.3 is 0 Å². The number of benzene rings is 1. The molecule has 1 aromatic carbocycles. The molecule has 0 saturated carbocycles. The van der Waals surface area contributed by atoms with Crippen LogP contribution in [-0.2, 0) is 16.8 Å². The smallest absolute Gasteiger partial charge is 0.158 e. The fraction of sp³-hybridized carbons (Fsp3) is 0.417. The molecule has 2 nitrogen and oxygen atoms in total. The quantitative estimate of drug-likeness (QED) is 0.665. The number of rotatable bonds is 0. The molecule has 2 aliphatic rings. The molecule has 1 spiro atoms. The number of carbonyl (C=O) groups excluding carboxylic acids is 1. The lowest BCUT2D eigenvalue weighted by atomic mass is 9.89. The van der Waals surface area contributed by atoms with Gasteiger partial charge in [0.25, 0.3) is 0 Å². The van der Waals surface area contributed by atoms with E-state index in [2.05, 4.69) is 23.5 Å². The van der Waals surface area contributed by atoms with Crippen molar-refractivity contribution in [3.8, 4) is 0 Å². The van der Waals surface area contributed by atoms with E-state index in [1.165, 1.54) is 11.1 Å². The first-order valence-corrected chi connectivity index (χ1v) is 5.20. The van der Waals surface area contributed by atoms with Crippen molar-refractivity contribution in [2.75, 3.05) is 6.54 Å². The van der Waals surface area contributed by atoms with Crippen LogP contribution in [0.4, 0.5) is 0 Å². The van der Waals surface area contributed by atoms with E-state index >= 15 is 0 Å². The summed E-state index contributed by atoms with van der Waals surface area (Å²) in [6.07, 6.45) is 2.68. The van der Waals surface area contributed by atoms with E-state index in [1.807, 2.05) is 6.07 Å². The molecule has 1 aliphatic heterocycles. The van der Waals surface area contributed by atoms with Crippen molar-refractivity contribution < 1.29 is 4.79 Å². The van der Waals surface area contributed by atoms with Crippen LogP contribution in [0.1, 0.15) is 24.0 Å². The number of hydrogen-bond donors (Lipinski definition) is 1. The van der Waals surface area contributed by atoms with Gasteiger partial charge in [0, 0.05) is 13.0 Å². The van der Waals surface area contributed by atoms with E-state index in [0.717, 1.165) is 19.4 Å². The summed E-state index contributed by atoms with van der Waals surface area (Å²) in [6.45, 7) is 0.840. The molecule has 1 heterocycles. The van der Waals surface area contributed by atoms with Gasteiger partial charge in [0.05, 0.1) is 0 Å². The van der Waals surface area contributed by atoms with Crippen molar-refractivity contribution in [2.45, 2.75) is 24.8 Å². The van der Waals surface area contributed by atoms with Gasteiger partial charge in [-0.05, 0) is 24.0 Å². The highest BCUT2D eigenvalue weighted by molar-refractivity contribution is 5.93. The SMILES string of the molecule is O=C1CCNC12CCc1ccccc12. The van der Waals surface area contributed by atoms with Crippen LogP contribution in [0.5, 0.6) is 0 Å². The average molecular weight is 187 g/mol. The summed E-state index contributed by atoms with van der Waals surface area (Å²) in [4.78, 5) is 11.9. The molecule has 2 heteroatoms. The second-order valence-corrected chi connectivity index (χ2v) is 4.16. The molecular formula is C12H13NO. The standard InChI is InChI=1S/C12H13NO/c14-11-6-8-13-12(11)7-5-9-3-1-2-4-10(9)12/h1-4,13H,5-8H2. The second-order valence-electron chi connectivity index (χ2n) is 4.16. The first-order chi connectivity index (χ1) is 6.83. The molecule has 1 unspecified atom stereocenters. The maximum Gasteiger partial charge on any atom is 0.158 e. The Kier molecular flexibility index (Phi) is 1.56. The van der Waals surface area contributed by atoms with Crippen LogP contribution >= 0.6 is 0 Å². The zero-order chi connectivity index (χ0) is 9.60. The summed E-state index contributed by atoms with van der Waals surface area (Å²) in [5, 5.41) is 3.39. The Morgan fingerprint density at radius 1 is 1.21 bits per heavy atom. The maximum absolute atomic E-state index is 11.9. The zero-order valence-electron chi connectivity index (χ0n) is 8.05. The van der Waals surface area contributed by atoms with Gasteiger partial charge in [0.2, 0.25) is 0 Å². The number of fused-ring (bicyclic) bond motifs is 2. The second kappa shape index (κ2) is 2.67. The number of ketones is 1. The Hall–Kier alpha value is -1.15.